The van der Waals surface area contributed by atoms with Gasteiger partial charge < -0.3 is 9.84 Å². The molecule has 0 saturated carbocycles. The molecule has 2 aromatic rings. The molecule has 0 bridgehead atoms. The molecular formula is C14H15NO2. The van der Waals surface area contributed by atoms with E-state index in [2.05, 4.69) is 5.32 Å². The molecule has 0 saturated heterocycles. The molecule has 88 valence electrons. The zero-order chi connectivity index (χ0) is 12.1. The molecule has 17 heavy (non-hydrogen) atoms. The second-order valence-electron chi connectivity index (χ2n) is 3.68. The fourth-order valence-electron chi connectivity index (χ4n) is 1.51. The van der Waals surface area contributed by atoms with Crippen molar-refractivity contribution < 1.29 is 9.84 Å². The molecule has 0 heterocycles. The Hall–Kier alpha value is -1.84. The van der Waals surface area contributed by atoms with Gasteiger partial charge in [0.25, 0.3) is 0 Å². The lowest BCUT2D eigenvalue weighted by atomic mass is 10.2. The minimum atomic E-state index is -0.638. The van der Waals surface area contributed by atoms with E-state index in [1.807, 2.05) is 54.6 Å². The van der Waals surface area contributed by atoms with Crippen molar-refractivity contribution >= 4 is 0 Å². The van der Waals surface area contributed by atoms with Gasteiger partial charge in [0.1, 0.15) is 17.7 Å². The minimum absolute atomic E-state index is 0.638. The van der Waals surface area contributed by atoms with Crippen LogP contribution in [0.25, 0.3) is 0 Å². The molecule has 0 spiro atoms. The summed E-state index contributed by atoms with van der Waals surface area (Å²) in [6, 6.07) is 16.9. The zero-order valence-electron chi connectivity index (χ0n) is 9.63. The lowest BCUT2D eigenvalue weighted by molar-refractivity contribution is 0.149. The molecule has 0 aromatic heterocycles. The molecule has 0 radical (unpaired) electrons. The summed E-state index contributed by atoms with van der Waals surface area (Å²) in [5.74, 6) is 1.55. The summed E-state index contributed by atoms with van der Waals surface area (Å²) in [5, 5.41) is 12.3. The summed E-state index contributed by atoms with van der Waals surface area (Å²) in [4.78, 5) is 0. The number of ether oxygens (including phenoxy) is 1. The van der Waals surface area contributed by atoms with E-state index in [-0.39, 0.29) is 0 Å². The van der Waals surface area contributed by atoms with Crippen LogP contribution in [0.4, 0.5) is 0 Å². The number of aliphatic hydroxyl groups excluding tert-OH is 1. The Bertz CT molecular complexity index is 453. The summed E-state index contributed by atoms with van der Waals surface area (Å²) < 4.78 is 5.64. The first-order valence-electron chi connectivity index (χ1n) is 5.48. The van der Waals surface area contributed by atoms with E-state index in [1.165, 1.54) is 0 Å². The maximum Gasteiger partial charge on any atom is 0.130 e. The summed E-state index contributed by atoms with van der Waals surface area (Å²) in [6.07, 6.45) is -0.638. The molecule has 3 nitrogen and oxygen atoms in total. The van der Waals surface area contributed by atoms with Crippen LogP contribution in [-0.4, -0.2) is 12.2 Å². The van der Waals surface area contributed by atoms with Gasteiger partial charge in [0, 0.05) is 0 Å². The zero-order valence-corrected chi connectivity index (χ0v) is 9.63. The van der Waals surface area contributed by atoms with Crippen molar-refractivity contribution in [3.8, 4) is 11.5 Å². The second kappa shape index (κ2) is 5.48. The number of rotatable bonds is 4. The van der Waals surface area contributed by atoms with Gasteiger partial charge in [-0.1, -0.05) is 30.3 Å². The van der Waals surface area contributed by atoms with Crippen LogP contribution >= 0.6 is 0 Å². The second-order valence-corrected chi connectivity index (χ2v) is 3.68. The van der Waals surface area contributed by atoms with Crippen LogP contribution in [0.2, 0.25) is 0 Å². The van der Waals surface area contributed by atoms with Crippen LogP contribution in [0.5, 0.6) is 11.5 Å². The highest BCUT2D eigenvalue weighted by Gasteiger charge is 2.03. The van der Waals surface area contributed by atoms with Gasteiger partial charge >= 0.3 is 0 Å². The molecule has 2 rings (SSSR count). The molecule has 0 aliphatic rings. The normalized spacial score (nSPS) is 12.1. The van der Waals surface area contributed by atoms with Gasteiger partial charge in [-0.3, -0.25) is 5.32 Å². The standard InChI is InChI=1S/C14H15NO2/c1-15-14(16)11-7-9-13(10-8-11)17-12-5-3-2-4-6-12/h2-10,14-16H,1H3. The Morgan fingerprint density at radius 2 is 1.53 bits per heavy atom. The SMILES string of the molecule is CNC(O)c1ccc(Oc2ccccc2)cc1. The molecule has 0 aliphatic heterocycles. The molecular weight excluding hydrogens is 214 g/mol. The largest absolute Gasteiger partial charge is 0.457 e. The average molecular weight is 229 g/mol. The lowest BCUT2D eigenvalue weighted by Gasteiger charge is -2.10. The third kappa shape index (κ3) is 3.06. The summed E-state index contributed by atoms with van der Waals surface area (Å²) in [6.45, 7) is 0. The van der Waals surface area contributed by atoms with Crippen LogP contribution in [0.15, 0.2) is 54.6 Å². The van der Waals surface area contributed by atoms with E-state index in [4.69, 9.17) is 4.74 Å². The number of para-hydroxylation sites is 1. The Morgan fingerprint density at radius 3 is 2.12 bits per heavy atom. The number of hydrogen-bond acceptors (Lipinski definition) is 3. The van der Waals surface area contributed by atoms with Crippen LogP contribution in [0, 0.1) is 0 Å². The van der Waals surface area contributed by atoms with Crippen molar-refractivity contribution in [3.05, 3.63) is 60.2 Å². The fourth-order valence-corrected chi connectivity index (χ4v) is 1.51. The quantitative estimate of drug-likeness (QED) is 0.792. The van der Waals surface area contributed by atoms with Gasteiger partial charge in [-0.05, 0) is 36.9 Å². The monoisotopic (exact) mass is 229 g/mol. The minimum Gasteiger partial charge on any atom is -0.457 e. The van der Waals surface area contributed by atoms with Crippen molar-refractivity contribution in [1.29, 1.82) is 0 Å². The fraction of sp³-hybridized carbons (Fsp3) is 0.143. The van der Waals surface area contributed by atoms with Crippen LogP contribution < -0.4 is 10.1 Å². The highest BCUT2D eigenvalue weighted by molar-refractivity contribution is 5.33. The third-order valence-corrected chi connectivity index (χ3v) is 2.45. The van der Waals surface area contributed by atoms with Gasteiger partial charge in [-0.15, -0.1) is 0 Å². The van der Waals surface area contributed by atoms with E-state index in [1.54, 1.807) is 7.05 Å². The predicted octanol–water partition coefficient (Wildman–Crippen LogP) is 2.69. The molecule has 2 aromatic carbocycles. The van der Waals surface area contributed by atoms with Crippen molar-refractivity contribution in [2.45, 2.75) is 6.23 Å². The smallest absolute Gasteiger partial charge is 0.130 e. The predicted molar refractivity (Wildman–Crippen MR) is 67.0 cm³/mol. The van der Waals surface area contributed by atoms with E-state index in [0.29, 0.717) is 0 Å². The van der Waals surface area contributed by atoms with Crippen LogP contribution in [0.1, 0.15) is 11.8 Å². The molecule has 0 amide bonds. The first-order chi connectivity index (χ1) is 8.29. The Morgan fingerprint density at radius 1 is 0.941 bits per heavy atom. The summed E-state index contributed by atoms with van der Waals surface area (Å²) in [7, 11) is 1.71. The molecule has 1 unspecified atom stereocenters. The maximum atomic E-state index is 9.56. The highest BCUT2D eigenvalue weighted by Crippen LogP contribution is 2.22. The van der Waals surface area contributed by atoms with Crippen molar-refractivity contribution in [1.82, 2.24) is 5.32 Å². The molecule has 0 aliphatic carbocycles. The average Bonchev–Trinajstić information content (AvgIpc) is 2.40. The van der Waals surface area contributed by atoms with Crippen molar-refractivity contribution in [2.75, 3.05) is 7.05 Å². The number of hydrogen-bond donors (Lipinski definition) is 2. The van der Waals surface area contributed by atoms with Gasteiger partial charge in [0.15, 0.2) is 0 Å². The van der Waals surface area contributed by atoms with E-state index in [0.717, 1.165) is 17.1 Å². The van der Waals surface area contributed by atoms with Gasteiger partial charge in [-0.25, -0.2) is 0 Å². The van der Waals surface area contributed by atoms with E-state index >= 15 is 0 Å². The molecule has 0 fully saturated rings. The lowest BCUT2D eigenvalue weighted by Crippen LogP contribution is -2.14. The maximum absolute atomic E-state index is 9.56. The first kappa shape index (κ1) is 11.6. The summed E-state index contributed by atoms with van der Waals surface area (Å²) >= 11 is 0. The third-order valence-electron chi connectivity index (χ3n) is 2.45. The van der Waals surface area contributed by atoms with Crippen LogP contribution in [0.3, 0.4) is 0 Å². The Balaban J connectivity index is 2.08. The molecule has 1 atom stereocenters. The molecule has 3 heteroatoms. The van der Waals surface area contributed by atoms with Crippen molar-refractivity contribution in [3.63, 3.8) is 0 Å². The summed E-state index contributed by atoms with van der Waals surface area (Å²) in [5.41, 5.74) is 0.813. The first-order valence-corrected chi connectivity index (χ1v) is 5.48. The highest BCUT2D eigenvalue weighted by atomic mass is 16.5. The number of aliphatic hydroxyl groups is 1. The van der Waals surface area contributed by atoms with E-state index < -0.39 is 6.23 Å². The molecule has 2 N–H and O–H groups in total. The van der Waals surface area contributed by atoms with Gasteiger partial charge in [0.2, 0.25) is 0 Å². The van der Waals surface area contributed by atoms with Crippen LogP contribution in [-0.2, 0) is 0 Å². The van der Waals surface area contributed by atoms with Crippen molar-refractivity contribution in [2.24, 2.45) is 0 Å². The van der Waals surface area contributed by atoms with Gasteiger partial charge in [-0.2, -0.15) is 0 Å². The van der Waals surface area contributed by atoms with Gasteiger partial charge in [0.05, 0.1) is 0 Å². The Kier molecular flexibility index (Phi) is 3.75. The Labute approximate surface area is 101 Å². The number of nitrogens with one attached hydrogen (secondary N) is 1. The topological polar surface area (TPSA) is 41.5 Å². The number of benzene rings is 2. The van der Waals surface area contributed by atoms with E-state index in [9.17, 15) is 5.11 Å².